The van der Waals surface area contributed by atoms with Gasteiger partial charge in [0.05, 0.1) is 12.9 Å². The predicted octanol–water partition coefficient (Wildman–Crippen LogP) is 1.98. The molecule has 4 rings (SSSR count). The van der Waals surface area contributed by atoms with E-state index in [1.54, 1.807) is 18.6 Å². The van der Waals surface area contributed by atoms with E-state index in [9.17, 15) is 0 Å². The molecule has 0 aliphatic carbocycles. The van der Waals surface area contributed by atoms with Gasteiger partial charge >= 0.3 is 0 Å². The zero-order valence-electron chi connectivity index (χ0n) is 16.1. The molecule has 0 atom stereocenters. The van der Waals surface area contributed by atoms with Crippen LogP contribution in [-0.4, -0.2) is 56.6 Å². The van der Waals surface area contributed by atoms with E-state index in [2.05, 4.69) is 46.4 Å². The summed E-state index contributed by atoms with van der Waals surface area (Å²) in [6.45, 7) is 4.63. The number of rotatable bonds is 5. The molecule has 1 aliphatic rings. The van der Waals surface area contributed by atoms with Crippen LogP contribution in [0.25, 0.3) is 0 Å². The second-order valence-electron chi connectivity index (χ2n) is 6.70. The molecule has 2 aromatic heterocycles. The van der Waals surface area contributed by atoms with Crippen molar-refractivity contribution < 1.29 is 0 Å². The number of piperazine rings is 1. The van der Waals surface area contributed by atoms with E-state index in [0.717, 1.165) is 38.7 Å². The van der Waals surface area contributed by atoms with Gasteiger partial charge in [0, 0.05) is 57.5 Å². The highest BCUT2D eigenvalue weighted by molar-refractivity contribution is 14.0. The first-order chi connectivity index (χ1) is 13.8. The second kappa shape index (κ2) is 10.2. The van der Waals surface area contributed by atoms with Gasteiger partial charge in [0.1, 0.15) is 0 Å². The Bertz CT molecular complexity index is 905. The SMILES string of the molecule is I.NC(=NCc1ccccc1Cn1ccnc1)N1CCN(c2ncccn2)CC1. The largest absolute Gasteiger partial charge is 0.370 e. The third-order valence-corrected chi connectivity index (χ3v) is 4.88. The Morgan fingerprint density at radius 2 is 1.69 bits per heavy atom. The van der Waals surface area contributed by atoms with Gasteiger partial charge in [-0.1, -0.05) is 24.3 Å². The number of anilines is 1. The van der Waals surface area contributed by atoms with E-state index in [-0.39, 0.29) is 24.0 Å². The Hall–Kier alpha value is -2.69. The number of hydrogen-bond acceptors (Lipinski definition) is 5. The minimum atomic E-state index is 0. The minimum absolute atomic E-state index is 0. The topological polar surface area (TPSA) is 88.5 Å². The van der Waals surface area contributed by atoms with Crippen LogP contribution in [0.3, 0.4) is 0 Å². The summed E-state index contributed by atoms with van der Waals surface area (Å²) < 4.78 is 2.05. The Labute approximate surface area is 187 Å². The maximum absolute atomic E-state index is 6.28. The lowest BCUT2D eigenvalue weighted by atomic mass is 10.1. The fraction of sp³-hybridized carbons (Fsp3) is 0.300. The first-order valence-corrected chi connectivity index (χ1v) is 9.39. The quantitative estimate of drug-likeness (QED) is 0.325. The lowest BCUT2D eigenvalue weighted by molar-refractivity contribution is 0.378. The van der Waals surface area contributed by atoms with Gasteiger partial charge in [0.25, 0.3) is 0 Å². The summed E-state index contributed by atoms with van der Waals surface area (Å²) in [5, 5.41) is 0. The molecule has 0 bridgehead atoms. The third-order valence-electron chi connectivity index (χ3n) is 4.88. The number of nitrogens with two attached hydrogens (primary N) is 1. The molecule has 1 aliphatic heterocycles. The highest BCUT2D eigenvalue weighted by atomic mass is 127. The number of aromatic nitrogens is 4. The van der Waals surface area contributed by atoms with Gasteiger partial charge in [0.15, 0.2) is 5.96 Å². The van der Waals surface area contributed by atoms with E-state index >= 15 is 0 Å². The number of imidazole rings is 1. The van der Waals surface area contributed by atoms with E-state index < -0.39 is 0 Å². The predicted molar refractivity (Wildman–Crippen MR) is 124 cm³/mol. The number of halogens is 1. The van der Waals surface area contributed by atoms with Crippen LogP contribution in [0, 0.1) is 0 Å². The second-order valence-corrected chi connectivity index (χ2v) is 6.70. The molecule has 1 saturated heterocycles. The zero-order valence-corrected chi connectivity index (χ0v) is 18.5. The van der Waals surface area contributed by atoms with Crippen LogP contribution in [0.1, 0.15) is 11.1 Å². The maximum atomic E-state index is 6.28. The van der Waals surface area contributed by atoms with Crippen LogP contribution in [-0.2, 0) is 13.1 Å². The summed E-state index contributed by atoms with van der Waals surface area (Å²) in [6.07, 6.45) is 9.12. The van der Waals surface area contributed by atoms with Crippen molar-refractivity contribution in [2.45, 2.75) is 13.1 Å². The van der Waals surface area contributed by atoms with Crippen LogP contribution in [0.5, 0.6) is 0 Å². The molecule has 9 heteroatoms. The van der Waals surface area contributed by atoms with Crippen LogP contribution in [0.15, 0.2) is 66.4 Å². The molecule has 8 nitrogen and oxygen atoms in total. The number of nitrogens with zero attached hydrogens (tertiary/aromatic N) is 7. The van der Waals surface area contributed by atoms with Gasteiger partial charge in [-0.2, -0.15) is 0 Å². The molecule has 0 amide bonds. The van der Waals surface area contributed by atoms with Gasteiger partial charge in [-0.25, -0.2) is 19.9 Å². The smallest absolute Gasteiger partial charge is 0.225 e. The van der Waals surface area contributed by atoms with E-state index in [0.29, 0.717) is 12.5 Å². The molecule has 1 fully saturated rings. The molecular formula is C20H25IN8. The van der Waals surface area contributed by atoms with Crippen molar-refractivity contribution in [1.82, 2.24) is 24.4 Å². The average molecular weight is 504 g/mol. The minimum Gasteiger partial charge on any atom is -0.370 e. The summed E-state index contributed by atoms with van der Waals surface area (Å²) in [5.41, 5.74) is 8.68. The summed E-state index contributed by atoms with van der Waals surface area (Å²) in [6, 6.07) is 10.1. The fourth-order valence-corrected chi connectivity index (χ4v) is 3.30. The van der Waals surface area contributed by atoms with Gasteiger partial charge in [-0.05, 0) is 17.2 Å². The number of aliphatic imine (C=N–C) groups is 1. The van der Waals surface area contributed by atoms with Crippen LogP contribution in [0.2, 0.25) is 0 Å². The van der Waals surface area contributed by atoms with E-state index in [1.165, 1.54) is 11.1 Å². The molecule has 152 valence electrons. The van der Waals surface area contributed by atoms with Crippen molar-refractivity contribution in [3.8, 4) is 0 Å². The third kappa shape index (κ3) is 5.43. The highest BCUT2D eigenvalue weighted by Gasteiger charge is 2.19. The standard InChI is InChI=1S/C20H24N8.HI/c21-19(27-10-12-28(13-11-27)20-23-6-3-7-24-20)25-14-17-4-1-2-5-18(17)15-26-9-8-22-16-26;/h1-9,16H,10-15H2,(H2,21,25);1H. The number of hydrogen-bond donors (Lipinski definition) is 1. The van der Waals surface area contributed by atoms with E-state index in [4.69, 9.17) is 5.73 Å². The molecule has 29 heavy (non-hydrogen) atoms. The first-order valence-electron chi connectivity index (χ1n) is 9.39. The molecule has 0 spiro atoms. The Kier molecular flexibility index (Phi) is 7.39. The van der Waals surface area contributed by atoms with Crippen molar-refractivity contribution in [3.63, 3.8) is 0 Å². The van der Waals surface area contributed by atoms with Crippen molar-refractivity contribution in [2.24, 2.45) is 10.7 Å². The molecule has 0 saturated carbocycles. The van der Waals surface area contributed by atoms with Crippen LogP contribution >= 0.6 is 24.0 Å². The fourth-order valence-electron chi connectivity index (χ4n) is 3.30. The van der Waals surface area contributed by atoms with Gasteiger partial charge in [-0.15, -0.1) is 24.0 Å². The van der Waals surface area contributed by atoms with Crippen LogP contribution in [0.4, 0.5) is 5.95 Å². The lowest BCUT2D eigenvalue weighted by Crippen LogP contribution is -2.51. The maximum Gasteiger partial charge on any atom is 0.225 e. The Morgan fingerprint density at radius 1 is 0.966 bits per heavy atom. The lowest BCUT2D eigenvalue weighted by Gasteiger charge is -2.35. The van der Waals surface area contributed by atoms with Gasteiger partial charge < -0.3 is 20.1 Å². The van der Waals surface area contributed by atoms with Crippen molar-refractivity contribution in [3.05, 3.63) is 72.6 Å². The van der Waals surface area contributed by atoms with Gasteiger partial charge in [-0.3, -0.25) is 0 Å². The number of guanidine groups is 1. The molecule has 0 unspecified atom stereocenters. The van der Waals surface area contributed by atoms with E-state index in [1.807, 2.05) is 30.7 Å². The Balaban J connectivity index is 0.00000240. The summed E-state index contributed by atoms with van der Waals surface area (Å²) in [5.74, 6) is 1.36. The molecule has 1 aromatic carbocycles. The molecular weight excluding hydrogens is 479 g/mol. The zero-order chi connectivity index (χ0) is 19.2. The van der Waals surface area contributed by atoms with Gasteiger partial charge in [0.2, 0.25) is 5.95 Å². The molecule has 2 N–H and O–H groups in total. The normalized spacial score (nSPS) is 14.6. The highest BCUT2D eigenvalue weighted by Crippen LogP contribution is 2.13. The Morgan fingerprint density at radius 3 is 2.38 bits per heavy atom. The van der Waals surface area contributed by atoms with Crippen molar-refractivity contribution in [2.75, 3.05) is 31.1 Å². The molecule has 3 aromatic rings. The average Bonchev–Trinajstić information content (AvgIpc) is 3.27. The molecule has 3 heterocycles. The summed E-state index contributed by atoms with van der Waals surface area (Å²) in [4.78, 5) is 21.7. The summed E-state index contributed by atoms with van der Waals surface area (Å²) >= 11 is 0. The summed E-state index contributed by atoms with van der Waals surface area (Å²) in [7, 11) is 0. The van der Waals surface area contributed by atoms with Crippen molar-refractivity contribution in [1.29, 1.82) is 0 Å². The first kappa shape index (κ1) is 21.0. The monoisotopic (exact) mass is 504 g/mol. The van der Waals surface area contributed by atoms with Crippen LogP contribution < -0.4 is 10.6 Å². The van der Waals surface area contributed by atoms with Crippen molar-refractivity contribution >= 4 is 35.9 Å². The number of benzene rings is 1. The molecule has 0 radical (unpaired) electrons.